The van der Waals surface area contributed by atoms with Gasteiger partial charge in [-0.05, 0) is 53.5 Å². The summed E-state index contributed by atoms with van der Waals surface area (Å²) in [7, 11) is 0. The van der Waals surface area contributed by atoms with E-state index in [-0.39, 0.29) is 6.61 Å². The predicted molar refractivity (Wildman–Crippen MR) is 71.5 cm³/mol. The summed E-state index contributed by atoms with van der Waals surface area (Å²) in [6.45, 7) is 0.0938. The molecule has 0 saturated heterocycles. The monoisotopic (exact) mass is 317 g/mol. The average Bonchev–Trinajstić information content (AvgIpc) is 2.25. The molecule has 0 aromatic heterocycles. The standard InChI is InChI=1S/C13H18IO/c14-13-10-6-5-9-12(13)8-4-2-1-3-7-11-15/h5-6,9-10H,1-4,7-8,11H2. The van der Waals surface area contributed by atoms with Crippen molar-refractivity contribution in [1.29, 1.82) is 0 Å². The van der Waals surface area contributed by atoms with Crippen LogP contribution >= 0.6 is 22.6 Å². The van der Waals surface area contributed by atoms with E-state index in [0.717, 1.165) is 12.8 Å². The molecule has 0 saturated carbocycles. The van der Waals surface area contributed by atoms with Gasteiger partial charge in [0.25, 0.3) is 0 Å². The van der Waals surface area contributed by atoms with Crippen LogP contribution in [0.3, 0.4) is 0 Å². The van der Waals surface area contributed by atoms with Crippen molar-refractivity contribution in [1.82, 2.24) is 0 Å². The summed E-state index contributed by atoms with van der Waals surface area (Å²) in [4.78, 5) is 0. The Balaban J connectivity index is 2.12. The van der Waals surface area contributed by atoms with Gasteiger partial charge in [0.1, 0.15) is 0 Å². The Morgan fingerprint density at radius 3 is 2.33 bits per heavy atom. The van der Waals surface area contributed by atoms with Crippen molar-refractivity contribution in [2.24, 2.45) is 0 Å². The molecular formula is C13H18IO. The Morgan fingerprint density at radius 2 is 1.60 bits per heavy atom. The highest BCUT2D eigenvalue weighted by molar-refractivity contribution is 14.1. The second kappa shape index (κ2) is 8.11. The molecule has 0 aliphatic heterocycles. The lowest BCUT2D eigenvalue weighted by Crippen LogP contribution is -1.89. The Morgan fingerprint density at radius 1 is 0.933 bits per heavy atom. The van der Waals surface area contributed by atoms with Crippen LogP contribution in [0.25, 0.3) is 0 Å². The highest BCUT2D eigenvalue weighted by atomic mass is 127. The third-order valence-corrected chi connectivity index (χ3v) is 3.60. The summed E-state index contributed by atoms with van der Waals surface area (Å²) < 4.78 is 1.37. The van der Waals surface area contributed by atoms with Gasteiger partial charge in [0.2, 0.25) is 0 Å². The lowest BCUT2D eigenvalue weighted by molar-refractivity contribution is 0.186. The van der Waals surface area contributed by atoms with E-state index in [1.807, 2.05) is 0 Å². The Labute approximate surface area is 106 Å². The van der Waals surface area contributed by atoms with E-state index in [9.17, 15) is 5.11 Å². The molecule has 1 radical (unpaired) electrons. The maximum Gasteiger partial charge on any atom is 0.0822 e. The van der Waals surface area contributed by atoms with Crippen LogP contribution in [0.4, 0.5) is 0 Å². The van der Waals surface area contributed by atoms with E-state index in [4.69, 9.17) is 0 Å². The van der Waals surface area contributed by atoms with Crippen LogP contribution in [0.5, 0.6) is 0 Å². The molecule has 0 N–H and O–H groups in total. The average molecular weight is 317 g/mol. The third-order valence-electron chi connectivity index (χ3n) is 2.55. The van der Waals surface area contributed by atoms with Crippen LogP contribution in [0, 0.1) is 3.57 Å². The Kier molecular flexibility index (Phi) is 7.01. The lowest BCUT2D eigenvalue weighted by Gasteiger charge is -2.03. The highest BCUT2D eigenvalue weighted by Gasteiger charge is 1.97. The summed E-state index contributed by atoms with van der Waals surface area (Å²) in [5.41, 5.74) is 1.46. The van der Waals surface area contributed by atoms with Crippen molar-refractivity contribution < 1.29 is 5.11 Å². The van der Waals surface area contributed by atoms with Crippen molar-refractivity contribution in [2.45, 2.75) is 38.5 Å². The van der Waals surface area contributed by atoms with E-state index >= 15 is 0 Å². The van der Waals surface area contributed by atoms with Gasteiger partial charge in [-0.3, -0.25) is 0 Å². The lowest BCUT2D eigenvalue weighted by atomic mass is 10.1. The van der Waals surface area contributed by atoms with Crippen molar-refractivity contribution in [3.8, 4) is 0 Å². The molecule has 15 heavy (non-hydrogen) atoms. The number of aryl methyl sites for hydroxylation is 1. The van der Waals surface area contributed by atoms with Crippen molar-refractivity contribution in [3.05, 3.63) is 33.4 Å². The van der Waals surface area contributed by atoms with Crippen molar-refractivity contribution in [2.75, 3.05) is 6.61 Å². The SMILES string of the molecule is [O]CCCCCCCc1ccccc1I. The minimum absolute atomic E-state index is 0.0938. The molecular weight excluding hydrogens is 299 g/mol. The number of benzene rings is 1. The fourth-order valence-electron chi connectivity index (χ4n) is 1.65. The Hall–Kier alpha value is -0.0900. The van der Waals surface area contributed by atoms with Crippen LogP contribution < -0.4 is 0 Å². The molecule has 0 unspecified atom stereocenters. The van der Waals surface area contributed by atoms with Gasteiger partial charge in [-0.1, -0.05) is 37.5 Å². The van der Waals surface area contributed by atoms with Gasteiger partial charge >= 0.3 is 0 Å². The first kappa shape index (κ1) is 13.0. The molecule has 0 atom stereocenters. The molecule has 0 spiro atoms. The molecule has 83 valence electrons. The van der Waals surface area contributed by atoms with Crippen LogP contribution in [-0.4, -0.2) is 6.61 Å². The fourth-order valence-corrected chi connectivity index (χ4v) is 2.31. The molecule has 1 aromatic carbocycles. The van der Waals surface area contributed by atoms with Gasteiger partial charge < -0.3 is 0 Å². The first-order valence-corrected chi connectivity index (χ1v) is 6.74. The number of unbranched alkanes of at least 4 members (excludes halogenated alkanes) is 4. The van der Waals surface area contributed by atoms with E-state index in [1.54, 1.807) is 0 Å². The van der Waals surface area contributed by atoms with Gasteiger partial charge in [-0.2, -0.15) is 0 Å². The predicted octanol–water partition coefficient (Wildman–Crippen LogP) is 4.21. The summed E-state index contributed by atoms with van der Waals surface area (Å²) in [6, 6.07) is 8.56. The molecule has 0 amide bonds. The molecule has 0 bridgehead atoms. The molecule has 0 fully saturated rings. The maximum atomic E-state index is 10.2. The zero-order chi connectivity index (χ0) is 10.9. The van der Waals surface area contributed by atoms with Crippen molar-refractivity contribution in [3.63, 3.8) is 0 Å². The molecule has 2 heteroatoms. The fraction of sp³-hybridized carbons (Fsp3) is 0.538. The first-order chi connectivity index (χ1) is 7.34. The van der Waals surface area contributed by atoms with Crippen LogP contribution in [0.1, 0.15) is 37.7 Å². The van der Waals surface area contributed by atoms with Gasteiger partial charge in [0, 0.05) is 3.57 Å². The normalized spacial score (nSPS) is 10.5. The van der Waals surface area contributed by atoms with Crippen LogP contribution in [-0.2, 0) is 11.5 Å². The third kappa shape index (κ3) is 5.52. The number of halogens is 1. The number of hydrogen-bond donors (Lipinski definition) is 0. The largest absolute Gasteiger partial charge is 0.237 e. The topological polar surface area (TPSA) is 19.9 Å². The molecule has 1 aromatic rings. The summed E-state index contributed by atoms with van der Waals surface area (Å²) in [6.07, 6.45) is 6.85. The van der Waals surface area contributed by atoms with Crippen LogP contribution in [0.2, 0.25) is 0 Å². The molecule has 0 aliphatic carbocycles. The second-order valence-corrected chi connectivity index (χ2v) is 4.98. The highest BCUT2D eigenvalue weighted by Crippen LogP contribution is 2.15. The van der Waals surface area contributed by atoms with E-state index in [2.05, 4.69) is 46.9 Å². The molecule has 0 heterocycles. The van der Waals surface area contributed by atoms with Crippen LogP contribution in [0.15, 0.2) is 24.3 Å². The molecule has 1 rings (SSSR count). The quantitative estimate of drug-likeness (QED) is 0.530. The minimum atomic E-state index is 0.0938. The summed E-state index contributed by atoms with van der Waals surface area (Å²) in [5.74, 6) is 0. The zero-order valence-corrected chi connectivity index (χ0v) is 11.2. The smallest absolute Gasteiger partial charge is 0.0822 e. The summed E-state index contributed by atoms with van der Waals surface area (Å²) >= 11 is 2.39. The van der Waals surface area contributed by atoms with Gasteiger partial charge in [-0.25, -0.2) is 5.11 Å². The zero-order valence-electron chi connectivity index (χ0n) is 9.05. The molecule has 1 nitrogen and oxygen atoms in total. The van der Waals surface area contributed by atoms with Crippen molar-refractivity contribution >= 4 is 22.6 Å². The molecule has 0 aliphatic rings. The Bertz CT molecular complexity index is 273. The van der Waals surface area contributed by atoms with Gasteiger partial charge in [0.15, 0.2) is 0 Å². The van der Waals surface area contributed by atoms with Gasteiger partial charge in [0.05, 0.1) is 6.61 Å². The summed E-state index contributed by atoms with van der Waals surface area (Å²) in [5, 5.41) is 10.2. The maximum absolute atomic E-state index is 10.2. The second-order valence-electron chi connectivity index (χ2n) is 3.81. The van der Waals surface area contributed by atoms with Gasteiger partial charge in [-0.15, -0.1) is 0 Å². The first-order valence-electron chi connectivity index (χ1n) is 5.66. The number of hydrogen-bond acceptors (Lipinski definition) is 0. The van der Waals surface area contributed by atoms with E-state index in [0.29, 0.717) is 0 Å². The minimum Gasteiger partial charge on any atom is -0.237 e. The van der Waals surface area contributed by atoms with E-state index in [1.165, 1.54) is 34.8 Å². The number of rotatable bonds is 7. The van der Waals surface area contributed by atoms with E-state index < -0.39 is 0 Å².